The second-order valence-corrected chi connectivity index (χ2v) is 4.73. The Morgan fingerprint density at radius 3 is 2.79 bits per heavy atom. The van der Waals surface area contributed by atoms with Gasteiger partial charge in [-0.3, -0.25) is 0 Å². The Morgan fingerprint density at radius 1 is 1.00 bits per heavy atom. The van der Waals surface area contributed by atoms with Crippen molar-refractivity contribution in [3.63, 3.8) is 0 Å². The Bertz CT molecular complexity index is 684. The Kier molecular flexibility index (Phi) is 3.23. The molecule has 0 saturated carbocycles. The molecule has 2 nitrogen and oxygen atoms in total. The van der Waals surface area contributed by atoms with E-state index < -0.39 is 0 Å². The molecule has 2 aromatic carbocycles. The maximum absolute atomic E-state index is 5.79. The van der Waals surface area contributed by atoms with E-state index >= 15 is 0 Å². The Balaban J connectivity index is 1.66. The fourth-order valence-corrected chi connectivity index (χ4v) is 2.30. The number of rotatable bonds is 4. The standard InChI is InChI=1S/C17H17NO/c1-14-5-4-7-16(13-14)19-12-11-18-10-9-15-6-2-3-8-17(15)18/h2-10,13H,11-12H2,1H3. The first-order valence-corrected chi connectivity index (χ1v) is 6.56. The van der Waals surface area contributed by atoms with Gasteiger partial charge in [0.05, 0.1) is 6.54 Å². The summed E-state index contributed by atoms with van der Waals surface area (Å²) in [5.74, 6) is 0.941. The van der Waals surface area contributed by atoms with Crippen LogP contribution in [0.2, 0.25) is 0 Å². The summed E-state index contributed by atoms with van der Waals surface area (Å²) in [5.41, 5.74) is 2.49. The minimum absolute atomic E-state index is 0.683. The van der Waals surface area contributed by atoms with E-state index in [-0.39, 0.29) is 0 Å². The maximum Gasteiger partial charge on any atom is 0.119 e. The largest absolute Gasteiger partial charge is 0.492 e. The molecule has 0 fully saturated rings. The molecule has 0 unspecified atom stereocenters. The number of fused-ring (bicyclic) bond motifs is 1. The molecule has 3 aromatic rings. The molecule has 2 heteroatoms. The lowest BCUT2D eigenvalue weighted by Gasteiger charge is -2.08. The van der Waals surface area contributed by atoms with E-state index in [1.807, 2.05) is 12.1 Å². The molecule has 0 aliphatic heterocycles. The normalized spacial score (nSPS) is 10.8. The summed E-state index contributed by atoms with van der Waals surface area (Å²) in [7, 11) is 0. The highest BCUT2D eigenvalue weighted by Gasteiger charge is 2.00. The fraction of sp³-hybridized carbons (Fsp3) is 0.176. The van der Waals surface area contributed by atoms with Crippen molar-refractivity contribution >= 4 is 10.9 Å². The predicted molar refractivity (Wildman–Crippen MR) is 78.6 cm³/mol. The summed E-state index contributed by atoms with van der Waals surface area (Å²) in [6.45, 7) is 3.62. The quantitative estimate of drug-likeness (QED) is 0.683. The second kappa shape index (κ2) is 5.19. The zero-order chi connectivity index (χ0) is 13.1. The van der Waals surface area contributed by atoms with Crippen molar-refractivity contribution in [1.29, 1.82) is 0 Å². The molecule has 0 aliphatic rings. The smallest absolute Gasteiger partial charge is 0.119 e. The third-order valence-electron chi connectivity index (χ3n) is 3.27. The van der Waals surface area contributed by atoms with Gasteiger partial charge in [-0.25, -0.2) is 0 Å². The first-order valence-electron chi connectivity index (χ1n) is 6.56. The molecule has 3 rings (SSSR count). The third kappa shape index (κ3) is 2.63. The number of hydrogen-bond donors (Lipinski definition) is 0. The summed E-state index contributed by atoms with van der Waals surface area (Å²) < 4.78 is 8.02. The number of benzene rings is 2. The van der Waals surface area contributed by atoms with Crippen molar-refractivity contribution in [3.05, 3.63) is 66.4 Å². The second-order valence-electron chi connectivity index (χ2n) is 4.73. The van der Waals surface area contributed by atoms with Crippen molar-refractivity contribution in [2.24, 2.45) is 0 Å². The molecule has 1 heterocycles. The highest BCUT2D eigenvalue weighted by molar-refractivity contribution is 5.79. The Morgan fingerprint density at radius 2 is 1.89 bits per heavy atom. The van der Waals surface area contributed by atoms with Crippen molar-refractivity contribution in [1.82, 2.24) is 4.57 Å². The molecule has 0 spiro atoms. The minimum Gasteiger partial charge on any atom is -0.492 e. The zero-order valence-electron chi connectivity index (χ0n) is 11.0. The topological polar surface area (TPSA) is 14.2 Å². The van der Waals surface area contributed by atoms with Gasteiger partial charge in [0.2, 0.25) is 0 Å². The van der Waals surface area contributed by atoms with Crippen molar-refractivity contribution in [2.45, 2.75) is 13.5 Å². The van der Waals surface area contributed by atoms with Crippen LogP contribution >= 0.6 is 0 Å². The van der Waals surface area contributed by atoms with Crippen LogP contribution in [0.3, 0.4) is 0 Å². The van der Waals surface area contributed by atoms with E-state index in [1.165, 1.54) is 16.5 Å². The summed E-state index contributed by atoms with van der Waals surface area (Å²) in [5, 5.41) is 1.28. The lowest BCUT2D eigenvalue weighted by molar-refractivity contribution is 0.300. The van der Waals surface area contributed by atoms with Crippen LogP contribution in [0.25, 0.3) is 10.9 Å². The van der Waals surface area contributed by atoms with Crippen LogP contribution in [0.15, 0.2) is 60.8 Å². The average Bonchev–Trinajstić information content (AvgIpc) is 2.83. The van der Waals surface area contributed by atoms with Gasteiger partial charge < -0.3 is 9.30 Å². The van der Waals surface area contributed by atoms with E-state index in [0.29, 0.717) is 6.61 Å². The maximum atomic E-state index is 5.79. The number of nitrogens with zero attached hydrogens (tertiary/aromatic N) is 1. The third-order valence-corrected chi connectivity index (χ3v) is 3.27. The first kappa shape index (κ1) is 11.8. The Hall–Kier alpha value is -2.22. The molecule has 0 aliphatic carbocycles. The molecule has 0 saturated heterocycles. The van der Waals surface area contributed by atoms with Gasteiger partial charge in [-0.1, -0.05) is 30.3 Å². The van der Waals surface area contributed by atoms with Crippen LogP contribution in [0.4, 0.5) is 0 Å². The molecular weight excluding hydrogens is 234 g/mol. The highest BCUT2D eigenvalue weighted by Crippen LogP contribution is 2.16. The van der Waals surface area contributed by atoms with Gasteiger partial charge >= 0.3 is 0 Å². The van der Waals surface area contributed by atoms with E-state index in [1.54, 1.807) is 0 Å². The summed E-state index contributed by atoms with van der Waals surface area (Å²) in [6.07, 6.45) is 2.12. The van der Waals surface area contributed by atoms with E-state index in [2.05, 4.69) is 60.2 Å². The monoisotopic (exact) mass is 251 g/mol. The lowest BCUT2D eigenvalue weighted by Crippen LogP contribution is -2.07. The SMILES string of the molecule is Cc1cccc(OCCn2ccc3ccccc32)c1. The predicted octanol–water partition coefficient (Wildman–Crippen LogP) is 4.03. The van der Waals surface area contributed by atoms with Gasteiger partial charge in [-0.15, -0.1) is 0 Å². The van der Waals surface area contributed by atoms with Crippen molar-refractivity contribution in [2.75, 3.05) is 6.61 Å². The Labute approximate surface area is 113 Å². The molecule has 19 heavy (non-hydrogen) atoms. The van der Waals surface area contributed by atoms with Gasteiger partial charge in [0.25, 0.3) is 0 Å². The zero-order valence-corrected chi connectivity index (χ0v) is 11.0. The van der Waals surface area contributed by atoms with Gasteiger partial charge in [0.15, 0.2) is 0 Å². The van der Waals surface area contributed by atoms with Gasteiger partial charge in [-0.2, -0.15) is 0 Å². The van der Waals surface area contributed by atoms with Gasteiger partial charge in [0, 0.05) is 11.7 Å². The van der Waals surface area contributed by atoms with Gasteiger partial charge in [0.1, 0.15) is 12.4 Å². The summed E-state index contributed by atoms with van der Waals surface area (Å²) >= 11 is 0. The lowest BCUT2D eigenvalue weighted by atomic mass is 10.2. The molecule has 0 radical (unpaired) electrons. The minimum atomic E-state index is 0.683. The molecule has 0 bridgehead atoms. The van der Waals surface area contributed by atoms with Crippen LogP contribution in [0.1, 0.15) is 5.56 Å². The van der Waals surface area contributed by atoms with E-state index in [9.17, 15) is 0 Å². The van der Waals surface area contributed by atoms with Crippen molar-refractivity contribution in [3.8, 4) is 5.75 Å². The number of hydrogen-bond acceptors (Lipinski definition) is 1. The van der Waals surface area contributed by atoms with Crippen molar-refractivity contribution < 1.29 is 4.74 Å². The summed E-state index contributed by atoms with van der Waals surface area (Å²) in [6, 6.07) is 18.7. The van der Waals surface area contributed by atoms with Crippen LogP contribution in [-0.2, 0) is 6.54 Å². The molecule has 96 valence electrons. The summed E-state index contributed by atoms with van der Waals surface area (Å²) in [4.78, 5) is 0. The van der Waals surface area contributed by atoms with Gasteiger partial charge in [-0.05, 0) is 42.1 Å². The van der Waals surface area contributed by atoms with E-state index in [4.69, 9.17) is 4.74 Å². The molecular formula is C17H17NO. The fourth-order valence-electron chi connectivity index (χ4n) is 2.30. The van der Waals surface area contributed by atoms with Crippen LogP contribution in [0, 0.1) is 6.92 Å². The highest BCUT2D eigenvalue weighted by atomic mass is 16.5. The number of para-hydroxylation sites is 1. The van der Waals surface area contributed by atoms with Crippen LogP contribution < -0.4 is 4.74 Å². The van der Waals surface area contributed by atoms with E-state index in [0.717, 1.165) is 12.3 Å². The number of aromatic nitrogens is 1. The molecule has 0 atom stereocenters. The first-order chi connectivity index (χ1) is 9.33. The van der Waals surface area contributed by atoms with Crippen LogP contribution in [0.5, 0.6) is 5.75 Å². The number of ether oxygens (including phenoxy) is 1. The molecule has 0 N–H and O–H groups in total. The molecule has 0 amide bonds. The number of aryl methyl sites for hydroxylation is 1. The average molecular weight is 251 g/mol. The van der Waals surface area contributed by atoms with Crippen LogP contribution in [-0.4, -0.2) is 11.2 Å². The molecule has 1 aromatic heterocycles.